The number of thiophene rings is 1. The third kappa shape index (κ3) is 6.85. The number of alkyl halides is 2. The van der Waals surface area contributed by atoms with Crippen molar-refractivity contribution in [1.82, 2.24) is 10.6 Å². The van der Waals surface area contributed by atoms with Gasteiger partial charge in [-0.1, -0.05) is 17.7 Å². The first-order valence-corrected chi connectivity index (χ1v) is 8.78. The van der Waals surface area contributed by atoms with E-state index in [2.05, 4.69) is 20.7 Å². The minimum atomic E-state index is -2.98. The number of nitrogens with one attached hydrogen (secondary N) is 3. The predicted molar refractivity (Wildman–Crippen MR) is 96.1 cm³/mol. The quantitative estimate of drug-likeness (QED) is 0.630. The van der Waals surface area contributed by atoms with Gasteiger partial charge in [0.15, 0.2) is 0 Å². The second kappa shape index (κ2) is 9.93. The molecule has 0 unspecified atom stereocenters. The summed E-state index contributed by atoms with van der Waals surface area (Å²) in [5, 5.41) is 9.41. The second-order valence-electron chi connectivity index (χ2n) is 5.01. The van der Waals surface area contributed by atoms with Gasteiger partial charge in [0.05, 0.1) is 11.6 Å². The van der Waals surface area contributed by atoms with Crippen LogP contribution in [0.2, 0.25) is 5.02 Å². The van der Waals surface area contributed by atoms with Crippen LogP contribution in [0.1, 0.15) is 4.88 Å². The molecule has 0 radical (unpaired) electrons. The highest BCUT2D eigenvalue weighted by atomic mass is 35.5. The number of imide groups is 1. The average Bonchev–Trinajstić information content (AvgIpc) is 3.08. The molecule has 2 rings (SSSR count). The highest BCUT2D eigenvalue weighted by molar-refractivity contribution is 7.09. The molecule has 0 fully saturated rings. The third-order valence-electron chi connectivity index (χ3n) is 3.09. The Morgan fingerprint density at radius 3 is 2.73 bits per heavy atom. The molecule has 6 nitrogen and oxygen atoms in total. The molecule has 3 N–H and O–H groups in total. The zero-order valence-electron chi connectivity index (χ0n) is 13.4. The molecule has 0 saturated carbocycles. The molecule has 0 aliphatic rings. The minimum Gasteiger partial charge on any atom is -0.433 e. The van der Waals surface area contributed by atoms with Gasteiger partial charge in [0.1, 0.15) is 5.75 Å². The number of benzene rings is 1. The Morgan fingerprint density at radius 1 is 1.27 bits per heavy atom. The lowest BCUT2D eigenvalue weighted by Crippen LogP contribution is -2.42. The van der Waals surface area contributed by atoms with Crippen molar-refractivity contribution in [2.24, 2.45) is 0 Å². The molecule has 0 bridgehead atoms. The fraction of sp³-hybridized carbons (Fsp3) is 0.250. The maximum absolute atomic E-state index is 12.2. The number of urea groups is 1. The summed E-state index contributed by atoms with van der Waals surface area (Å²) in [6.45, 7) is -2.76. The summed E-state index contributed by atoms with van der Waals surface area (Å²) in [6, 6.07) is 7.32. The van der Waals surface area contributed by atoms with E-state index in [1.165, 1.54) is 18.2 Å². The number of hydrogen-bond donors (Lipinski definition) is 3. The topological polar surface area (TPSA) is 79.5 Å². The van der Waals surface area contributed by atoms with Crippen molar-refractivity contribution in [3.63, 3.8) is 0 Å². The number of amides is 3. The Kier molecular flexibility index (Phi) is 7.61. The lowest BCUT2D eigenvalue weighted by atomic mass is 10.3. The number of carbonyl (C=O) groups excluding carboxylic acids is 2. The number of halogens is 3. The molecule has 0 aliphatic heterocycles. The Balaban J connectivity index is 1.70. The van der Waals surface area contributed by atoms with Gasteiger partial charge in [0.25, 0.3) is 0 Å². The zero-order valence-corrected chi connectivity index (χ0v) is 15.0. The first-order valence-electron chi connectivity index (χ1n) is 7.52. The van der Waals surface area contributed by atoms with Crippen LogP contribution in [0.15, 0.2) is 35.7 Å². The van der Waals surface area contributed by atoms with Gasteiger partial charge >= 0.3 is 12.6 Å². The van der Waals surface area contributed by atoms with Crippen molar-refractivity contribution in [2.75, 3.05) is 18.4 Å². The molecule has 1 heterocycles. The molecular weight excluding hydrogens is 388 g/mol. The summed E-state index contributed by atoms with van der Waals surface area (Å²) in [5.74, 6) is -0.718. The summed E-state index contributed by atoms with van der Waals surface area (Å²) >= 11 is 7.40. The number of carbonyl (C=O) groups is 2. The second-order valence-corrected chi connectivity index (χ2v) is 6.45. The SMILES string of the molecule is O=C(CNc1ccc(OC(F)F)c(Cl)c1)NC(=O)NCCc1cccs1. The van der Waals surface area contributed by atoms with Crippen LogP contribution in [0.5, 0.6) is 5.75 Å². The van der Waals surface area contributed by atoms with E-state index in [1.54, 1.807) is 11.3 Å². The van der Waals surface area contributed by atoms with Crippen LogP contribution < -0.4 is 20.7 Å². The molecule has 0 saturated heterocycles. The van der Waals surface area contributed by atoms with Gasteiger partial charge in [-0.05, 0) is 36.1 Å². The van der Waals surface area contributed by atoms with Crippen molar-refractivity contribution in [2.45, 2.75) is 13.0 Å². The van der Waals surface area contributed by atoms with Crippen molar-refractivity contribution in [1.29, 1.82) is 0 Å². The average molecular weight is 404 g/mol. The molecule has 10 heteroatoms. The van der Waals surface area contributed by atoms with E-state index in [-0.39, 0.29) is 17.3 Å². The summed E-state index contributed by atoms with van der Waals surface area (Å²) in [4.78, 5) is 24.5. The van der Waals surface area contributed by atoms with Crippen LogP contribution >= 0.6 is 22.9 Å². The molecule has 0 spiro atoms. The zero-order chi connectivity index (χ0) is 18.9. The van der Waals surface area contributed by atoms with Crippen molar-refractivity contribution >= 4 is 40.6 Å². The molecule has 2 aromatic rings. The number of rotatable bonds is 8. The van der Waals surface area contributed by atoms with E-state index in [0.29, 0.717) is 18.7 Å². The van der Waals surface area contributed by atoms with Gasteiger partial charge in [-0.15, -0.1) is 11.3 Å². The van der Waals surface area contributed by atoms with Gasteiger partial charge < -0.3 is 15.4 Å². The van der Waals surface area contributed by atoms with E-state index in [0.717, 1.165) is 4.88 Å². The van der Waals surface area contributed by atoms with Crippen molar-refractivity contribution in [3.05, 3.63) is 45.6 Å². The predicted octanol–water partition coefficient (Wildman–Crippen LogP) is 3.48. The number of hydrogen-bond acceptors (Lipinski definition) is 5. The van der Waals surface area contributed by atoms with Crippen LogP contribution in [0.4, 0.5) is 19.3 Å². The highest BCUT2D eigenvalue weighted by Crippen LogP contribution is 2.28. The Labute approximate surface area is 157 Å². The highest BCUT2D eigenvalue weighted by Gasteiger charge is 2.10. The van der Waals surface area contributed by atoms with Crippen LogP contribution in [-0.2, 0) is 11.2 Å². The van der Waals surface area contributed by atoms with Gasteiger partial charge in [-0.3, -0.25) is 10.1 Å². The van der Waals surface area contributed by atoms with Crippen LogP contribution in [0, 0.1) is 0 Å². The van der Waals surface area contributed by atoms with Crippen molar-refractivity contribution in [3.8, 4) is 5.75 Å². The third-order valence-corrected chi connectivity index (χ3v) is 4.32. The smallest absolute Gasteiger partial charge is 0.387 e. The summed E-state index contributed by atoms with van der Waals surface area (Å²) in [6.07, 6.45) is 0.684. The van der Waals surface area contributed by atoms with E-state index >= 15 is 0 Å². The number of anilines is 1. The normalized spacial score (nSPS) is 10.5. The standard InChI is InChI=1S/C16H16ClF2N3O3S/c17-12-8-10(3-4-13(12)25-15(18)19)21-9-14(23)22-16(24)20-6-5-11-2-1-7-26-11/h1-4,7-8,15,21H,5-6,9H2,(H2,20,22,23,24). The fourth-order valence-electron chi connectivity index (χ4n) is 1.95. The van der Waals surface area contributed by atoms with Gasteiger partial charge in [-0.25, -0.2) is 4.79 Å². The van der Waals surface area contributed by atoms with E-state index in [4.69, 9.17) is 11.6 Å². The number of ether oxygens (including phenoxy) is 1. The molecule has 3 amide bonds. The van der Waals surface area contributed by atoms with Gasteiger partial charge in [-0.2, -0.15) is 8.78 Å². The largest absolute Gasteiger partial charge is 0.433 e. The van der Waals surface area contributed by atoms with Crippen LogP contribution in [0.3, 0.4) is 0 Å². The van der Waals surface area contributed by atoms with Crippen LogP contribution in [0.25, 0.3) is 0 Å². The first-order chi connectivity index (χ1) is 12.4. The molecule has 0 aliphatic carbocycles. The minimum absolute atomic E-state index is 0.0259. The maximum atomic E-state index is 12.2. The van der Waals surface area contributed by atoms with Gasteiger partial charge in [0.2, 0.25) is 5.91 Å². The van der Waals surface area contributed by atoms with Gasteiger partial charge in [0, 0.05) is 17.1 Å². The molecule has 26 heavy (non-hydrogen) atoms. The molecule has 140 valence electrons. The molecular formula is C16H16ClF2N3O3S. The molecule has 1 aromatic carbocycles. The monoisotopic (exact) mass is 403 g/mol. The van der Waals surface area contributed by atoms with Crippen LogP contribution in [-0.4, -0.2) is 31.6 Å². The lowest BCUT2D eigenvalue weighted by molar-refractivity contribution is -0.118. The van der Waals surface area contributed by atoms with E-state index < -0.39 is 18.5 Å². The maximum Gasteiger partial charge on any atom is 0.387 e. The Morgan fingerprint density at radius 2 is 2.08 bits per heavy atom. The Hall–Kier alpha value is -2.39. The van der Waals surface area contributed by atoms with E-state index in [9.17, 15) is 18.4 Å². The molecule has 1 aromatic heterocycles. The van der Waals surface area contributed by atoms with Crippen molar-refractivity contribution < 1.29 is 23.1 Å². The summed E-state index contributed by atoms with van der Waals surface area (Å²) < 4.78 is 28.5. The summed E-state index contributed by atoms with van der Waals surface area (Å²) in [7, 11) is 0. The fourth-order valence-corrected chi connectivity index (χ4v) is 2.89. The first kappa shape index (κ1) is 19.9. The molecule has 0 atom stereocenters. The lowest BCUT2D eigenvalue weighted by Gasteiger charge is -2.10. The summed E-state index contributed by atoms with van der Waals surface area (Å²) in [5.41, 5.74) is 0.421. The van der Waals surface area contributed by atoms with E-state index in [1.807, 2.05) is 17.5 Å². The Bertz CT molecular complexity index is 744.